The van der Waals surface area contributed by atoms with Gasteiger partial charge in [-0.05, 0) is 67.1 Å². The van der Waals surface area contributed by atoms with E-state index < -0.39 is 18.2 Å². The first-order valence-electron chi connectivity index (χ1n) is 15.0. The van der Waals surface area contributed by atoms with Crippen molar-refractivity contribution in [3.63, 3.8) is 0 Å². The summed E-state index contributed by atoms with van der Waals surface area (Å²) in [6.45, 7) is 6.13. The Balaban J connectivity index is 1.21. The Bertz CT molecular complexity index is 1840. The number of nitrogens with zero attached hydrogens (tertiary/aromatic N) is 5. The molecule has 1 amide bonds. The number of amidine groups is 1. The summed E-state index contributed by atoms with van der Waals surface area (Å²) in [7, 11) is 0. The molecule has 1 aliphatic heterocycles. The highest BCUT2D eigenvalue weighted by molar-refractivity contribution is 8.15. The van der Waals surface area contributed by atoms with Crippen molar-refractivity contribution in [1.29, 1.82) is 0 Å². The predicted octanol–water partition coefficient (Wildman–Crippen LogP) is 7.75. The number of carboxylic acids is 1. The van der Waals surface area contributed by atoms with Crippen LogP contribution >= 0.6 is 24.0 Å². The van der Waals surface area contributed by atoms with Crippen LogP contribution in [0.25, 0.3) is 17.1 Å². The number of rotatable bonds is 11. The van der Waals surface area contributed by atoms with Crippen LogP contribution in [0.3, 0.4) is 0 Å². The van der Waals surface area contributed by atoms with Crippen molar-refractivity contribution in [2.45, 2.75) is 52.3 Å². The van der Waals surface area contributed by atoms with Gasteiger partial charge in [-0.15, -0.1) is 18.3 Å². The maximum atomic E-state index is 12.9. The molecule has 0 radical (unpaired) electrons. The Morgan fingerprint density at radius 1 is 1.10 bits per heavy atom. The predicted molar refractivity (Wildman–Crippen MR) is 183 cm³/mol. The molecule has 1 saturated heterocycles. The SMILES string of the molecule is Cc1ccc(N2C(=O)CSC2=NC(=S)CC(CCc2ccc(-c3ncn(-c4ccc(OC(F)(F)F)cc4)n3)cc2)C(=O)O)c(C(C)C)c1. The lowest BCUT2D eigenvalue weighted by Gasteiger charge is -2.22. The molecule has 48 heavy (non-hydrogen) atoms. The van der Waals surface area contributed by atoms with Crippen molar-refractivity contribution in [1.82, 2.24) is 14.8 Å². The molecule has 9 nitrogen and oxygen atoms in total. The average Bonchev–Trinajstić information content (AvgIpc) is 3.66. The zero-order chi connectivity index (χ0) is 34.6. The number of anilines is 1. The molecule has 250 valence electrons. The third kappa shape index (κ3) is 8.66. The van der Waals surface area contributed by atoms with E-state index in [9.17, 15) is 27.9 Å². The number of amides is 1. The molecule has 1 atom stereocenters. The lowest BCUT2D eigenvalue weighted by Crippen LogP contribution is -2.31. The summed E-state index contributed by atoms with van der Waals surface area (Å²) in [5.74, 6) is -1.36. The van der Waals surface area contributed by atoms with Crippen LogP contribution in [0.5, 0.6) is 5.75 Å². The van der Waals surface area contributed by atoms with Crippen LogP contribution < -0.4 is 9.64 Å². The van der Waals surface area contributed by atoms with Crippen molar-refractivity contribution in [3.8, 4) is 22.8 Å². The number of thiocarbonyl (C=S) groups is 1. The van der Waals surface area contributed by atoms with Crippen molar-refractivity contribution in [2.75, 3.05) is 10.7 Å². The van der Waals surface area contributed by atoms with Gasteiger partial charge in [0.25, 0.3) is 0 Å². The summed E-state index contributed by atoms with van der Waals surface area (Å²) in [5, 5.41) is 14.8. The van der Waals surface area contributed by atoms with Gasteiger partial charge in [0.05, 0.1) is 23.0 Å². The van der Waals surface area contributed by atoms with Crippen LogP contribution in [-0.2, 0) is 16.0 Å². The summed E-state index contributed by atoms with van der Waals surface area (Å²) in [6.07, 6.45) is -2.46. The number of ether oxygens (including phenoxy) is 1. The van der Waals surface area contributed by atoms with E-state index in [2.05, 4.69) is 39.7 Å². The molecule has 14 heteroatoms. The Kier molecular flexibility index (Phi) is 10.6. The normalized spacial score (nSPS) is 14.9. The molecular formula is C34H32F3N5O4S2. The molecule has 0 spiro atoms. The molecule has 5 rings (SSSR count). The number of aliphatic carboxylic acids is 1. The van der Waals surface area contributed by atoms with E-state index in [0.29, 0.717) is 35.1 Å². The fraction of sp³-hybridized carbons (Fsp3) is 0.294. The molecule has 0 bridgehead atoms. The van der Waals surface area contributed by atoms with Crippen molar-refractivity contribution < 1.29 is 32.6 Å². The number of halogens is 3. The molecule has 1 unspecified atom stereocenters. The van der Waals surface area contributed by atoms with Gasteiger partial charge in [-0.3, -0.25) is 14.5 Å². The van der Waals surface area contributed by atoms with Gasteiger partial charge in [-0.25, -0.2) is 14.7 Å². The molecule has 1 aromatic heterocycles. The van der Waals surface area contributed by atoms with Gasteiger partial charge >= 0.3 is 12.3 Å². The fourth-order valence-electron chi connectivity index (χ4n) is 5.18. The van der Waals surface area contributed by atoms with Gasteiger partial charge in [0, 0.05) is 12.0 Å². The van der Waals surface area contributed by atoms with E-state index in [1.807, 2.05) is 43.3 Å². The quantitative estimate of drug-likeness (QED) is 0.159. The number of aryl methyl sites for hydroxylation is 2. The van der Waals surface area contributed by atoms with Crippen molar-refractivity contribution in [3.05, 3.63) is 89.7 Å². The first-order valence-corrected chi connectivity index (χ1v) is 16.4. The number of hydrogen-bond acceptors (Lipinski definition) is 7. The molecule has 1 N–H and O–H groups in total. The summed E-state index contributed by atoms with van der Waals surface area (Å²) in [6, 6.07) is 18.6. The van der Waals surface area contributed by atoms with Gasteiger partial charge in [0.2, 0.25) is 5.91 Å². The maximum Gasteiger partial charge on any atom is 0.573 e. The average molecular weight is 696 g/mol. The molecule has 2 heterocycles. The van der Waals surface area contributed by atoms with Crippen LogP contribution in [0, 0.1) is 12.8 Å². The minimum Gasteiger partial charge on any atom is -0.481 e. The number of hydrogen-bond donors (Lipinski definition) is 1. The number of carbonyl (C=O) groups excluding carboxylic acids is 1. The number of thioether (sulfide) groups is 1. The summed E-state index contributed by atoms with van der Waals surface area (Å²) >= 11 is 6.82. The van der Waals surface area contributed by atoms with E-state index in [4.69, 9.17) is 12.2 Å². The highest BCUT2D eigenvalue weighted by atomic mass is 32.2. The van der Waals surface area contributed by atoms with Crippen LogP contribution in [0.4, 0.5) is 18.9 Å². The lowest BCUT2D eigenvalue weighted by atomic mass is 9.96. The monoisotopic (exact) mass is 695 g/mol. The van der Waals surface area contributed by atoms with E-state index in [1.165, 1.54) is 47.0 Å². The highest BCUT2D eigenvalue weighted by Gasteiger charge is 2.33. The molecule has 1 aliphatic rings. The standard InChI is InChI=1S/C34H32F3N5O4S2/c1-20(2)27-16-21(3)4-15-28(27)42-30(43)18-48-33(42)39-29(47)17-24(32(44)45)10-7-22-5-8-23(9-6-22)31-38-19-41(40-31)25-11-13-26(14-12-25)46-34(35,36)37/h4-6,8-9,11-16,19-20,24H,7,10,17-18H2,1-3H3,(H,44,45). The smallest absolute Gasteiger partial charge is 0.481 e. The number of carboxylic acid groups (broad SMARTS) is 1. The Hall–Kier alpha value is -4.56. The minimum atomic E-state index is -4.77. The van der Waals surface area contributed by atoms with Gasteiger partial charge < -0.3 is 9.84 Å². The zero-order valence-electron chi connectivity index (χ0n) is 26.3. The molecule has 3 aromatic carbocycles. The molecule has 1 fully saturated rings. The maximum absolute atomic E-state index is 12.9. The summed E-state index contributed by atoms with van der Waals surface area (Å²) in [4.78, 5) is 35.7. The number of carbonyl (C=O) groups is 2. The molecule has 4 aromatic rings. The van der Waals surface area contributed by atoms with Gasteiger partial charge in [0.1, 0.15) is 17.1 Å². The van der Waals surface area contributed by atoms with Crippen molar-refractivity contribution >= 4 is 51.7 Å². The lowest BCUT2D eigenvalue weighted by molar-refractivity contribution is -0.274. The van der Waals surface area contributed by atoms with Crippen LogP contribution in [0.15, 0.2) is 78.0 Å². The minimum absolute atomic E-state index is 0.0600. The Morgan fingerprint density at radius 2 is 1.81 bits per heavy atom. The van der Waals surface area contributed by atoms with Gasteiger partial charge in [0.15, 0.2) is 11.0 Å². The van der Waals surface area contributed by atoms with Gasteiger partial charge in [-0.2, -0.15) is 0 Å². The summed E-state index contributed by atoms with van der Waals surface area (Å²) in [5.41, 5.74) is 5.00. The van der Waals surface area contributed by atoms with Crippen molar-refractivity contribution in [2.24, 2.45) is 10.9 Å². The second-order valence-corrected chi connectivity index (χ2v) is 13.0. The van der Waals surface area contributed by atoms with E-state index in [-0.39, 0.29) is 34.7 Å². The number of benzene rings is 3. The van der Waals surface area contributed by atoms with Crippen LogP contribution in [0.1, 0.15) is 49.3 Å². The zero-order valence-corrected chi connectivity index (χ0v) is 27.9. The highest BCUT2D eigenvalue weighted by Crippen LogP contribution is 2.34. The van der Waals surface area contributed by atoms with Gasteiger partial charge in [-0.1, -0.05) is 79.8 Å². The first-order chi connectivity index (χ1) is 22.8. The molecular weight excluding hydrogens is 664 g/mol. The molecule has 0 aliphatic carbocycles. The summed E-state index contributed by atoms with van der Waals surface area (Å²) < 4.78 is 42.7. The van der Waals surface area contributed by atoms with E-state index >= 15 is 0 Å². The first kappa shape index (κ1) is 34.8. The fourth-order valence-corrected chi connectivity index (χ4v) is 6.41. The number of alkyl halides is 3. The Labute approximate surface area is 284 Å². The van der Waals surface area contributed by atoms with E-state index in [0.717, 1.165) is 22.4 Å². The Morgan fingerprint density at radius 3 is 2.46 bits per heavy atom. The second kappa shape index (κ2) is 14.7. The third-order valence-corrected chi connectivity index (χ3v) is 8.80. The number of aliphatic imine (C=N–C) groups is 1. The van der Waals surface area contributed by atoms with Crippen LogP contribution in [0.2, 0.25) is 0 Å². The van der Waals surface area contributed by atoms with E-state index in [1.54, 1.807) is 4.90 Å². The van der Waals surface area contributed by atoms with Crippen LogP contribution in [-0.4, -0.2) is 54.0 Å². The molecule has 0 saturated carbocycles. The second-order valence-electron chi connectivity index (χ2n) is 11.6. The third-order valence-electron chi connectivity index (χ3n) is 7.62. The number of aromatic nitrogens is 3. The topological polar surface area (TPSA) is 110 Å². The largest absolute Gasteiger partial charge is 0.573 e.